The molecule has 1 aliphatic carbocycles. The first kappa shape index (κ1) is 17.8. The fraction of sp³-hybridized carbons (Fsp3) is 0.778. The van der Waals surface area contributed by atoms with Crippen molar-refractivity contribution in [2.24, 2.45) is 18.0 Å². The lowest BCUT2D eigenvalue weighted by molar-refractivity contribution is 0.322. The zero-order valence-electron chi connectivity index (χ0n) is 15.0. The number of hydrogen-bond donors (Lipinski definition) is 2. The van der Waals surface area contributed by atoms with E-state index in [9.17, 15) is 0 Å². The van der Waals surface area contributed by atoms with Gasteiger partial charge in [0, 0.05) is 25.8 Å². The molecule has 1 saturated carbocycles. The summed E-state index contributed by atoms with van der Waals surface area (Å²) in [6, 6.07) is 2.47. The predicted octanol–water partition coefficient (Wildman–Crippen LogP) is 3.22. The van der Waals surface area contributed by atoms with Crippen LogP contribution in [0, 0.1) is 5.92 Å². The fourth-order valence-electron chi connectivity index (χ4n) is 3.30. The standard InChI is InChI=1S/C18H33N5/c1-4-19-18(20-14-17-12-13-21-23(17)3)22-15(2)10-11-16-8-6-5-7-9-16/h12-13,15-16H,4-11,14H2,1-3H3,(H2,19,20,22). The molecule has 130 valence electrons. The molecule has 0 radical (unpaired) electrons. The van der Waals surface area contributed by atoms with E-state index in [2.05, 4.69) is 34.6 Å². The van der Waals surface area contributed by atoms with E-state index in [1.54, 1.807) is 0 Å². The van der Waals surface area contributed by atoms with Crippen molar-refractivity contribution in [1.29, 1.82) is 0 Å². The summed E-state index contributed by atoms with van der Waals surface area (Å²) < 4.78 is 1.87. The third-order valence-electron chi connectivity index (χ3n) is 4.78. The van der Waals surface area contributed by atoms with Crippen LogP contribution >= 0.6 is 0 Å². The third kappa shape index (κ3) is 6.24. The molecule has 0 bridgehead atoms. The van der Waals surface area contributed by atoms with Crippen LogP contribution in [0.3, 0.4) is 0 Å². The molecule has 1 aliphatic rings. The zero-order valence-corrected chi connectivity index (χ0v) is 15.0. The highest BCUT2D eigenvalue weighted by atomic mass is 15.3. The minimum absolute atomic E-state index is 0.460. The Morgan fingerprint density at radius 3 is 2.83 bits per heavy atom. The van der Waals surface area contributed by atoms with E-state index in [1.165, 1.54) is 44.9 Å². The number of aryl methyl sites for hydroxylation is 1. The number of hydrogen-bond acceptors (Lipinski definition) is 2. The average molecular weight is 319 g/mol. The van der Waals surface area contributed by atoms with Crippen LogP contribution in [0.1, 0.15) is 64.5 Å². The van der Waals surface area contributed by atoms with Gasteiger partial charge in [0.2, 0.25) is 0 Å². The summed E-state index contributed by atoms with van der Waals surface area (Å²) in [5, 5.41) is 11.1. The molecule has 0 saturated heterocycles. The number of nitrogens with zero attached hydrogens (tertiary/aromatic N) is 3. The van der Waals surface area contributed by atoms with Crippen molar-refractivity contribution in [3.05, 3.63) is 18.0 Å². The number of aromatic nitrogens is 2. The molecule has 5 nitrogen and oxygen atoms in total. The maximum atomic E-state index is 4.69. The first-order chi connectivity index (χ1) is 11.2. The van der Waals surface area contributed by atoms with Crippen molar-refractivity contribution < 1.29 is 0 Å². The Morgan fingerprint density at radius 1 is 1.39 bits per heavy atom. The third-order valence-corrected chi connectivity index (χ3v) is 4.78. The van der Waals surface area contributed by atoms with Crippen LogP contribution in [-0.2, 0) is 13.6 Å². The molecule has 1 unspecified atom stereocenters. The quantitative estimate of drug-likeness (QED) is 0.599. The van der Waals surface area contributed by atoms with E-state index in [1.807, 2.05) is 24.0 Å². The van der Waals surface area contributed by atoms with E-state index in [4.69, 9.17) is 0 Å². The summed E-state index contributed by atoms with van der Waals surface area (Å²) in [5.74, 6) is 1.85. The molecular weight excluding hydrogens is 286 g/mol. The average Bonchev–Trinajstić information content (AvgIpc) is 2.97. The Bertz CT molecular complexity index is 474. The lowest BCUT2D eigenvalue weighted by atomic mass is 9.85. The van der Waals surface area contributed by atoms with Crippen molar-refractivity contribution in [3.63, 3.8) is 0 Å². The Hall–Kier alpha value is -1.52. The highest BCUT2D eigenvalue weighted by Crippen LogP contribution is 2.27. The first-order valence-corrected chi connectivity index (χ1v) is 9.20. The normalized spacial score (nSPS) is 18.0. The van der Waals surface area contributed by atoms with Gasteiger partial charge in [0.05, 0.1) is 12.2 Å². The van der Waals surface area contributed by atoms with Crippen LogP contribution in [0.25, 0.3) is 0 Å². The van der Waals surface area contributed by atoms with Crippen LogP contribution in [0.2, 0.25) is 0 Å². The smallest absolute Gasteiger partial charge is 0.191 e. The van der Waals surface area contributed by atoms with Gasteiger partial charge in [-0.15, -0.1) is 0 Å². The van der Waals surface area contributed by atoms with Gasteiger partial charge in [-0.1, -0.05) is 32.1 Å². The van der Waals surface area contributed by atoms with E-state index in [0.717, 1.165) is 24.1 Å². The highest BCUT2D eigenvalue weighted by molar-refractivity contribution is 5.80. The summed E-state index contributed by atoms with van der Waals surface area (Å²) in [4.78, 5) is 4.69. The Kier molecular flexibility index (Phi) is 7.43. The fourth-order valence-corrected chi connectivity index (χ4v) is 3.30. The topological polar surface area (TPSA) is 54.2 Å². The van der Waals surface area contributed by atoms with Gasteiger partial charge in [-0.25, -0.2) is 4.99 Å². The molecule has 1 atom stereocenters. The molecule has 0 spiro atoms. The molecule has 0 aromatic carbocycles. The zero-order chi connectivity index (χ0) is 16.5. The molecule has 2 rings (SSSR count). The molecule has 1 heterocycles. The Balaban J connectivity index is 1.78. The largest absolute Gasteiger partial charge is 0.357 e. The van der Waals surface area contributed by atoms with Crippen LogP contribution in [0.5, 0.6) is 0 Å². The van der Waals surface area contributed by atoms with Gasteiger partial charge in [-0.05, 0) is 38.7 Å². The SMILES string of the molecule is CCNC(=NCc1ccnn1C)NC(C)CCC1CCCCC1. The summed E-state index contributed by atoms with van der Waals surface area (Å²) in [7, 11) is 1.96. The van der Waals surface area contributed by atoms with E-state index < -0.39 is 0 Å². The van der Waals surface area contributed by atoms with Crippen LogP contribution < -0.4 is 10.6 Å². The van der Waals surface area contributed by atoms with Crippen molar-refractivity contribution in [2.45, 2.75) is 71.4 Å². The van der Waals surface area contributed by atoms with Crippen LogP contribution in [0.15, 0.2) is 17.3 Å². The maximum absolute atomic E-state index is 4.69. The molecule has 1 aromatic heterocycles. The second kappa shape index (κ2) is 9.58. The summed E-state index contributed by atoms with van der Waals surface area (Å²) in [5.41, 5.74) is 1.12. The second-order valence-electron chi connectivity index (χ2n) is 6.77. The maximum Gasteiger partial charge on any atom is 0.191 e. The van der Waals surface area contributed by atoms with E-state index in [0.29, 0.717) is 12.6 Å². The van der Waals surface area contributed by atoms with Crippen molar-refractivity contribution in [3.8, 4) is 0 Å². The summed E-state index contributed by atoms with van der Waals surface area (Å²) in [6.07, 6.45) is 11.6. The number of rotatable bonds is 7. The molecule has 0 amide bonds. The van der Waals surface area contributed by atoms with E-state index in [-0.39, 0.29) is 0 Å². The summed E-state index contributed by atoms with van der Waals surface area (Å²) in [6.45, 7) is 5.90. The highest BCUT2D eigenvalue weighted by Gasteiger charge is 2.15. The van der Waals surface area contributed by atoms with Crippen LogP contribution in [-0.4, -0.2) is 28.3 Å². The lowest BCUT2D eigenvalue weighted by Crippen LogP contribution is -2.42. The molecule has 2 N–H and O–H groups in total. The van der Waals surface area contributed by atoms with Crippen LogP contribution in [0.4, 0.5) is 0 Å². The van der Waals surface area contributed by atoms with Gasteiger partial charge in [-0.2, -0.15) is 5.10 Å². The Morgan fingerprint density at radius 2 is 2.17 bits per heavy atom. The first-order valence-electron chi connectivity index (χ1n) is 9.20. The summed E-state index contributed by atoms with van der Waals surface area (Å²) >= 11 is 0. The molecule has 0 aliphatic heterocycles. The van der Waals surface area contributed by atoms with E-state index >= 15 is 0 Å². The Labute approximate surface area is 141 Å². The van der Waals surface area contributed by atoms with Gasteiger partial charge in [0.1, 0.15) is 0 Å². The molecule has 5 heteroatoms. The van der Waals surface area contributed by atoms with Gasteiger partial charge < -0.3 is 10.6 Å². The molecular formula is C18H33N5. The minimum Gasteiger partial charge on any atom is -0.357 e. The number of aliphatic imine (C=N–C) groups is 1. The second-order valence-corrected chi connectivity index (χ2v) is 6.77. The monoisotopic (exact) mass is 319 g/mol. The predicted molar refractivity (Wildman–Crippen MR) is 96.4 cm³/mol. The van der Waals surface area contributed by atoms with Crippen molar-refractivity contribution >= 4 is 5.96 Å². The van der Waals surface area contributed by atoms with Gasteiger partial charge in [0.15, 0.2) is 5.96 Å². The van der Waals surface area contributed by atoms with Crippen molar-refractivity contribution in [2.75, 3.05) is 6.54 Å². The molecule has 23 heavy (non-hydrogen) atoms. The van der Waals surface area contributed by atoms with Gasteiger partial charge in [-0.3, -0.25) is 4.68 Å². The van der Waals surface area contributed by atoms with Gasteiger partial charge >= 0.3 is 0 Å². The minimum atomic E-state index is 0.460. The van der Waals surface area contributed by atoms with Crippen molar-refractivity contribution in [1.82, 2.24) is 20.4 Å². The number of nitrogens with one attached hydrogen (secondary N) is 2. The lowest BCUT2D eigenvalue weighted by Gasteiger charge is -2.24. The van der Waals surface area contributed by atoms with Gasteiger partial charge in [0.25, 0.3) is 0 Å². The molecule has 1 aromatic rings. The molecule has 1 fully saturated rings. The number of guanidine groups is 1.